The summed E-state index contributed by atoms with van der Waals surface area (Å²) in [4.78, 5) is 8.45. The van der Waals surface area contributed by atoms with Crippen molar-refractivity contribution in [3.05, 3.63) is 12.5 Å². The molecule has 0 radical (unpaired) electrons. The maximum absolute atomic E-state index is 5.57. The van der Waals surface area contributed by atoms with Crippen LogP contribution in [-0.2, 0) is 11.8 Å². The Labute approximate surface area is 99.0 Å². The average Bonchev–Trinajstić information content (AvgIpc) is 2.97. The summed E-state index contributed by atoms with van der Waals surface area (Å²) in [6.45, 7) is 1.67. The summed E-state index contributed by atoms with van der Waals surface area (Å²) < 4.78 is 7.31. The first kappa shape index (κ1) is 10.5. The monoisotopic (exact) mass is 233 g/mol. The van der Waals surface area contributed by atoms with Crippen LogP contribution in [-0.4, -0.2) is 39.0 Å². The zero-order valence-corrected chi connectivity index (χ0v) is 9.76. The van der Waals surface area contributed by atoms with Gasteiger partial charge >= 0.3 is 0 Å². The maximum atomic E-state index is 5.57. The van der Waals surface area contributed by atoms with Gasteiger partial charge in [0.15, 0.2) is 5.65 Å². The Morgan fingerprint density at radius 3 is 3.29 bits per heavy atom. The third-order valence-corrected chi connectivity index (χ3v) is 3.05. The highest BCUT2D eigenvalue weighted by atomic mass is 16.5. The first-order valence-electron chi connectivity index (χ1n) is 5.83. The van der Waals surface area contributed by atoms with E-state index in [2.05, 4.69) is 20.4 Å². The second-order valence-corrected chi connectivity index (χ2v) is 4.24. The van der Waals surface area contributed by atoms with E-state index in [1.54, 1.807) is 17.2 Å². The molecule has 1 aliphatic heterocycles. The van der Waals surface area contributed by atoms with E-state index in [4.69, 9.17) is 4.74 Å². The molecule has 3 heterocycles. The van der Waals surface area contributed by atoms with Crippen molar-refractivity contribution < 1.29 is 4.74 Å². The minimum atomic E-state index is 0.302. The van der Waals surface area contributed by atoms with E-state index in [0.29, 0.717) is 6.10 Å². The average molecular weight is 233 g/mol. The van der Waals surface area contributed by atoms with Gasteiger partial charge in [0.2, 0.25) is 0 Å². The Morgan fingerprint density at radius 2 is 2.47 bits per heavy atom. The molecule has 90 valence electrons. The van der Waals surface area contributed by atoms with Crippen LogP contribution in [0, 0.1) is 0 Å². The zero-order valence-electron chi connectivity index (χ0n) is 9.76. The molecular formula is C11H15N5O. The van der Waals surface area contributed by atoms with E-state index < -0.39 is 0 Å². The molecule has 1 N–H and O–H groups in total. The van der Waals surface area contributed by atoms with Gasteiger partial charge in [-0.1, -0.05) is 0 Å². The lowest BCUT2D eigenvalue weighted by Gasteiger charge is -2.11. The van der Waals surface area contributed by atoms with Gasteiger partial charge in [0.05, 0.1) is 17.7 Å². The second kappa shape index (κ2) is 4.29. The minimum Gasteiger partial charge on any atom is -0.376 e. The fourth-order valence-electron chi connectivity index (χ4n) is 2.12. The SMILES string of the molecule is Cn1ncc2c(NC[C@H]3CCCO3)ncnc21. The third kappa shape index (κ3) is 1.95. The molecule has 0 spiro atoms. The van der Waals surface area contributed by atoms with E-state index in [1.807, 2.05) is 7.05 Å². The summed E-state index contributed by atoms with van der Waals surface area (Å²) in [5.41, 5.74) is 0.842. The van der Waals surface area contributed by atoms with Crippen LogP contribution in [0.15, 0.2) is 12.5 Å². The highest BCUT2D eigenvalue weighted by molar-refractivity contribution is 5.85. The van der Waals surface area contributed by atoms with Crippen molar-refractivity contribution in [2.75, 3.05) is 18.5 Å². The van der Waals surface area contributed by atoms with E-state index >= 15 is 0 Å². The Balaban J connectivity index is 1.79. The van der Waals surface area contributed by atoms with Crippen LogP contribution in [0.4, 0.5) is 5.82 Å². The van der Waals surface area contributed by atoms with Crippen molar-refractivity contribution in [3.63, 3.8) is 0 Å². The van der Waals surface area contributed by atoms with Gasteiger partial charge in [-0.15, -0.1) is 0 Å². The summed E-state index contributed by atoms with van der Waals surface area (Å²) in [5.74, 6) is 0.832. The topological polar surface area (TPSA) is 64.9 Å². The lowest BCUT2D eigenvalue weighted by atomic mass is 10.2. The smallest absolute Gasteiger partial charge is 0.163 e. The fourth-order valence-corrected chi connectivity index (χ4v) is 2.12. The quantitative estimate of drug-likeness (QED) is 0.855. The van der Waals surface area contributed by atoms with Gasteiger partial charge in [0.1, 0.15) is 12.1 Å². The Kier molecular flexibility index (Phi) is 2.64. The summed E-state index contributed by atoms with van der Waals surface area (Å²) >= 11 is 0. The Hall–Kier alpha value is -1.69. The number of aryl methyl sites for hydroxylation is 1. The van der Waals surface area contributed by atoms with Crippen LogP contribution in [0.25, 0.3) is 11.0 Å². The third-order valence-electron chi connectivity index (χ3n) is 3.05. The van der Waals surface area contributed by atoms with Crippen molar-refractivity contribution in [2.45, 2.75) is 18.9 Å². The fraction of sp³-hybridized carbons (Fsp3) is 0.545. The molecule has 17 heavy (non-hydrogen) atoms. The van der Waals surface area contributed by atoms with Crippen LogP contribution in [0.3, 0.4) is 0 Å². The molecule has 0 aromatic carbocycles. The molecule has 1 aliphatic rings. The van der Waals surface area contributed by atoms with Gasteiger partial charge in [-0.05, 0) is 12.8 Å². The summed E-state index contributed by atoms with van der Waals surface area (Å²) in [6, 6.07) is 0. The lowest BCUT2D eigenvalue weighted by molar-refractivity contribution is 0.120. The first-order valence-corrected chi connectivity index (χ1v) is 5.83. The van der Waals surface area contributed by atoms with Crippen molar-refractivity contribution in [1.29, 1.82) is 0 Å². The molecule has 2 aromatic heterocycles. The summed E-state index contributed by atoms with van der Waals surface area (Å²) in [7, 11) is 1.87. The minimum absolute atomic E-state index is 0.302. The molecule has 1 atom stereocenters. The molecule has 0 bridgehead atoms. The number of hydrogen-bond acceptors (Lipinski definition) is 5. The lowest BCUT2D eigenvalue weighted by Crippen LogP contribution is -2.19. The number of hydrogen-bond donors (Lipinski definition) is 1. The van der Waals surface area contributed by atoms with Gasteiger partial charge in [-0.2, -0.15) is 5.10 Å². The zero-order chi connectivity index (χ0) is 11.7. The van der Waals surface area contributed by atoms with E-state index in [1.165, 1.54) is 0 Å². The van der Waals surface area contributed by atoms with Crippen LogP contribution < -0.4 is 5.32 Å². The molecule has 0 unspecified atom stereocenters. The van der Waals surface area contributed by atoms with Crippen LogP contribution in [0.1, 0.15) is 12.8 Å². The van der Waals surface area contributed by atoms with Gasteiger partial charge in [0, 0.05) is 20.2 Å². The number of nitrogens with zero attached hydrogens (tertiary/aromatic N) is 4. The van der Waals surface area contributed by atoms with Crippen molar-refractivity contribution in [3.8, 4) is 0 Å². The number of nitrogens with one attached hydrogen (secondary N) is 1. The van der Waals surface area contributed by atoms with Crippen LogP contribution in [0.2, 0.25) is 0 Å². The Bertz CT molecular complexity index is 518. The standard InChI is InChI=1S/C11H15N5O/c1-16-11-9(6-15-16)10(13-7-14-11)12-5-8-3-2-4-17-8/h6-8H,2-5H2,1H3,(H,12,13,14)/t8-/m1/s1. The number of aromatic nitrogens is 4. The van der Waals surface area contributed by atoms with E-state index in [9.17, 15) is 0 Å². The molecule has 1 saturated heterocycles. The number of ether oxygens (including phenoxy) is 1. The number of rotatable bonds is 3. The molecular weight excluding hydrogens is 218 g/mol. The highest BCUT2D eigenvalue weighted by Gasteiger charge is 2.16. The van der Waals surface area contributed by atoms with Crippen molar-refractivity contribution in [1.82, 2.24) is 19.7 Å². The summed E-state index contributed by atoms with van der Waals surface area (Å²) in [6.07, 6.45) is 5.92. The van der Waals surface area contributed by atoms with Crippen LogP contribution >= 0.6 is 0 Å². The first-order chi connectivity index (χ1) is 8.34. The molecule has 6 heteroatoms. The van der Waals surface area contributed by atoms with Gasteiger partial charge < -0.3 is 10.1 Å². The summed E-state index contributed by atoms with van der Waals surface area (Å²) in [5, 5.41) is 8.44. The molecule has 0 saturated carbocycles. The van der Waals surface area contributed by atoms with Gasteiger partial charge in [-0.3, -0.25) is 4.68 Å². The van der Waals surface area contributed by atoms with Gasteiger partial charge in [-0.25, -0.2) is 9.97 Å². The highest BCUT2D eigenvalue weighted by Crippen LogP contribution is 2.19. The molecule has 2 aromatic rings. The van der Waals surface area contributed by atoms with Gasteiger partial charge in [0.25, 0.3) is 0 Å². The molecule has 3 rings (SSSR count). The normalized spacial score (nSPS) is 19.9. The molecule has 0 amide bonds. The van der Waals surface area contributed by atoms with Crippen molar-refractivity contribution in [2.24, 2.45) is 7.05 Å². The van der Waals surface area contributed by atoms with Crippen LogP contribution in [0.5, 0.6) is 0 Å². The number of fused-ring (bicyclic) bond motifs is 1. The predicted molar refractivity (Wildman–Crippen MR) is 63.8 cm³/mol. The molecule has 1 fully saturated rings. The van der Waals surface area contributed by atoms with E-state index in [0.717, 1.165) is 42.8 Å². The van der Waals surface area contributed by atoms with Crippen molar-refractivity contribution >= 4 is 16.9 Å². The van der Waals surface area contributed by atoms with E-state index in [-0.39, 0.29) is 0 Å². The largest absolute Gasteiger partial charge is 0.376 e. The molecule has 6 nitrogen and oxygen atoms in total. The Morgan fingerprint density at radius 1 is 1.53 bits per heavy atom. The second-order valence-electron chi connectivity index (χ2n) is 4.24. The molecule has 0 aliphatic carbocycles. The maximum Gasteiger partial charge on any atom is 0.163 e. The predicted octanol–water partition coefficient (Wildman–Crippen LogP) is 0.954. The number of anilines is 1.